The van der Waals surface area contributed by atoms with Crippen molar-refractivity contribution in [1.29, 1.82) is 0 Å². The van der Waals surface area contributed by atoms with Gasteiger partial charge in [0, 0.05) is 19.6 Å². The van der Waals surface area contributed by atoms with Crippen LogP contribution in [0.15, 0.2) is 0 Å². The van der Waals surface area contributed by atoms with Crippen molar-refractivity contribution in [3.8, 4) is 0 Å². The molecule has 1 saturated heterocycles. The summed E-state index contributed by atoms with van der Waals surface area (Å²) in [7, 11) is 0. The van der Waals surface area contributed by atoms with Crippen LogP contribution in [0.3, 0.4) is 0 Å². The van der Waals surface area contributed by atoms with Crippen LogP contribution in [0, 0.1) is 0 Å². The first-order chi connectivity index (χ1) is 18.4. The Morgan fingerprint density at radius 3 is 1.97 bits per heavy atom. The fraction of sp³-hybridized carbons (Fsp3) is 0.929. The van der Waals surface area contributed by atoms with Crippen LogP contribution in [0.2, 0.25) is 0 Å². The molecule has 1 rings (SSSR count). The maximum absolute atomic E-state index is 12.4. The molecular weight excluding hydrogens is 496 g/mol. The Labute approximate surface area is 228 Å². The Morgan fingerprint density at radius 2 is 1.39 bits per heavy atom. The minimum atomic E-state index is -1.52. The quantitative estimate of drug-likeness (QED) is 0.0760. The number of esters is 1. The number of carbonyl (C=O) groups is 2. The van der Waals surface area contributed by atoms with Crippen molar-refractivity contribution in [1.82, 2.24) is 0 Å². The minimum Gasteiger partial charge on any atom is -0.450 e. The lowest BCUT2D eigenvalue weighted by Crippen LogP contribution is -2.47. The van der Waals surface area contributed by atoms with Crippen molar-refractivity contribution in [3.05, 3.63) is 0 Å². The van der Waals surface area contributed by atoms with E-state index in [1.807, 2.05) is 6.92 Å². The van der Waals surface area contributed by atoms with E-state index in [-0.39, 0.29) is 13.0 Å². The SMILES string of the molecule is CCCCCCCCCCCCOC(CO)C(CC(O)COCCCC)OC1C(=O)C(=O)O[C@@H]1[C@@H](O)CO. The van der Waals surface area contributed by atoms with Crippen LogP contribution in [0.5, 0.6) is 0 Å². The lowest BCUT2D eigenvalue weighted by Gasteiger charge is -2.31. The molecule has 1 fully saturated rings. The maximum atomic E-state index is 12.4. The Kier molecular flexibility index (Phi) is 19.9. The number of hydrogen-bond acceptors (Lipinski definition) is 10. The molecule has 1 aliphatic rings. The highest BCUT2D eigenvalue weighted by atomic mass is 16.6. The Morgan fingerprint density at radius 1 is 0.789 bits per heavy atom. The van der Waals surface area contributed by atoms with Gasteiger partial charge in [0.25, 0.3) is 5.78 Å². The van der Waals surface area contributed by atoms with E-state index in [0.717, 1.165) is 32.1 Å². The molecular formula is C28H52O10. The molecule has 0 radical (unpaired) electrons. The van der Waals surface area contributed by atoms with Gasteiger partial charge in [-0.1, -0.05) is 78.1 Å². The van der Waals surface area contributed by atoms with Crippen LogP contribution < -0.4 is 0 Å². The fourth-order valence-corrected chi connectivity index (χ4v) is 4.42. The van der Waals surface area contributed by atoms with E-state index in [2.05, 4.69) is 6.92 Å². The zero-order valence-electron chi connectivity index (χ0n) is 23.4. The second kappa shape index (κ2) is 21.7. The summed E-state index contributed by atoms with van der Waals surface area (Å²) in [6.45, 7) is 3.96. The van der Waals surface area contributed by atoms with E-state index in [1.165, 1.54) is 44.9 Å². The molecule has 0 aromatic rings. The summed E-state index contributed by atoms with van der Waals surface area (Å²) in [5.74, 6) is -2.16. The third kappa shape index (κ3) is 13.8. The molecule has 224 valence electrons. The summed E-state index contributed by atoms with van der Waals surface area (Å²) >= 11 is 0. The van der Waals surface area contributed by atoms with E-state index >= 15 is 0 Å². The molecule has 0 amide bonds. The summed E-state index contributed by atoms with van der Waals surface area (Å²) < 4.78 is 22.1. The number of unbranched alkanes of at least 4 members (excludes halogenated alkanes) is 10. The lowest BCUT2D eigenvalue weighted by atomic mass is 10.0. The smallest absolute Gasteiger partial charge is 0.378 e. The maximum Gasteiger partial charge on any atom is 0.378 e. The van der Waals surface area contributed by atoms with Gasteiger partial charge in [0.15, 0.2) is 12.2 Å². The van der Waals surface area contributed by atoms with Gasteiger partial charge in [0.05, 0.1) is 32.0 Å². The molecule has 0 bridgehead atoms. The number of cyclic esters (lactones) is 1. The Bertz CT molecular complexity index is 616. The van der Waals surface area contributed by atoms with E-state index in [0.29, 0.717) is 13.2 Å². The van der Waals surface area contributed by atoms with Crippen molar-refractivity contribution in [2.45, 2.75) is 134 Å². The predicted octanol–water partition coefficient (Wildman–Crippen LogP) is 2.45. The number of Topliss-reactive ketones (excluding diaryl/α,β-unsaturated/α-hetero) is 1. The van der Waals surface area contributed by atoms with E-state index in [9.17, 15) is 30.0 Å². The summed E-state index contributed by atoms with van der Waals surface area (Å²) in [5, 5.41) is 39.9. The predicted molar refractivity (Wildman–Crippen MR) is 142 cm³/mol. The van der Waals surface area contributed by atoms with E-state index < -0.39 is 61.6 Å². The van der Waals surface area contributed by atoms with Crippen molar-refractivity contribution in [2.24, 2.45) is 0 Å². The summed E-state index contributed by atoms with van der Waals surface area (Å²) in [6, 6.07) is 0. The molecule has 10 heteroatoms. The van der Waals surface area contributed by atoms with Crippen LogP contribution in [0.25, 0.3) is 0 Å². The van der Waals surface area contributed by atoms with Gasteiger partial charge in [-0.2, -0.15) is 0 Å². The van der Waals surface area contributed by atoms with Gasteiger partial charge in [0.1, 0.15) is 12.2 Å². The highest BCUT2D eigenvalue weighted by Crippen LogP contribution is 2.24. The lowest BCUT2D eigenvalue weighted by molar-refractivity contribution is -0.165. The molecule has 6 atom stereocenters. The highest BCUT2D eigenvalue weighted by molar-refractivity contribution is 6.37. The van der Waals surface area contributed by atoms with Gasteiger partial charge in [-0.3, -0.25) is 4.79 Å². The summed E-state index contributed by atoms with van der Waals surface area (Å²) in [4.78, 5) is 24.2. The molecule has 10 nitrogen and oxygen atoms in total. The normalized spacial score (nSPS) is 20.9. The second-order valence-corrected chi connectivity index (χ2v) is 10.2. The Hall–Kier alpha value is -1.14. The van der Waals surface area contributed by atoms with Crippen molar-refractivity contribution in [3.63, 3.8) is 0 Å². The molecule has 1 aliphatic heterocycles. The monoisotopic (exact) mass is 548 g/mol. The van der Waals surface area contributed by atoms with Crippen molar-refractivity contribution < 1.29 is 49.0 Å². The number of ketones is 1. The largest absolute Gasteiger partial charge is 0.450 e. The van der Waals surface area contributed by atoms with E-state index in [4.69, 9.17) is 18.9 Å². The molecule has 0 aromatic carbocycles. The first kappa shape index (κ1) is 34.9. The van der Waals surface area contributed by atoms with Crippen LogP contribution in [-0.4, -0.2) is 102 Å². The number of hydrogen-bond donors (Lipinski definition) is 4. The first-order valence-electron chi connectivity index (χ1n) is 14.6. The highest BCUT2D eigenvalue weighted by Gasteiger charge is 2.49. The fourth-order valence-electron chi connectivity index (χ4n) is 4.42. The standard InChI is InChI=1S/C28H52O10/c1-3-5-7-8-9-10-11-12-13-14-16-36-24(19-30)23(17-21(31)20-35-15-6-4-2)37-27-25(33)28(34)38-26(27)22(32)18-29/h21-24,26-27,29-32H,3-20H2,1-2H3/t21?,22-,23?,24?,26+,27?/m0/s1. The number of rotatable bonds is 25. The second-order valence-electron chi connectivity index (χ2n) is 10.2. The zero-order valence-corrected chi connectivity index (χ0v) is 23.4. The third-order valence-electron chi connectivity index (χ3n) is 6.77. The Balaban J connectivity index is 2.64. The summed E-state index contributed by atoms with van der Waals surface area (Å²) in [5.41, 5.74) is 0. The number of carbonyl (C=O) groups excluding carboxylic acids is 2. The van der Waals surface area contributed by atoms with Crippen LogP contribution in [0.4, 0.5) is 0 Å². The van der Waals surface area contributed by atoms with Gasteiger partial charge in [-0.15, -0.1) is 0 Å². The van der Waals surface area contributed by atoms with Crippen molar-refractivity contribution >= 4 is 11.8 Å². The topological polar surface area (TPSA) is 152 Å². The summed E-state index contributed by atoms with van der Waals surface area (Å²) in [6.07, 6.45) is 6.26. The molecule has 38 heavy (non-hydrogen) atoms. The zero-order chi connectivity index (χ0) is 28.2. The van der Waals surface area contributed by atoms with Crippen molar-refractivity contribution in [2.75, 3.05) is 33.0 Å². The van der Waals surface area contributed by atoms with Crippen LogP contribution >= 0.6 is 0 Å². The molecule has 4 unspecified atom stereocenters. The van der Waals surface area contributed by atoms with Crippen LogP contribution in [0.1, 0.15) is 97.3 Å². The van der Waals surface area contributed by atoms with E-state index in [1.54, 1.807) is 0 Å². The average molecular weight is 549 g/mol. The third-order valence-corrected chi connectivity index (χ3v) is 6.77. The van der Waals surface area contributed by atoms with Gasteiger partial charge in [-0.05, 0) is 12.8 Å². The first-order valence-corrected chi connectivity index (χ1v) is 14.6. The molecule has 0 aliphatic carbocycles. The van der Waals surface area contributed by atoms with Crippen LogP contribution in [-0.2, 0) is 28.5 Å². The molecule has 0 aromatic heterocycles. The average Bonchev–Trinajstić information content (AvgIpc) is 3.19. The molecule has 4 N–H and O–H groups in total. The van der Waals surface area contributed by atoms with Gasteiger partial charge in [0.2, 0.25) is 0 Å². The van der Waals surface area contributed by atoms with Gasteiger partial charge in [-0.25, -0.2) is 4.79 Å². The number of ether oxygens (including phenoxy) is 4. The minimum absolute atomic E-state index is 0.0324. The molecule has 1 heterocycles. The number of aliphatic hydroxyl groups is 4. The van der Waals surface area contributed by atoms with Gasteiger partial charge >= 0.3 is 5.97 Å². The van der Waals surface area contributed by atoms with Gasteiger partial charge < -0.3 is 39.4 Å². The molecule has 0 spiro atoms. The molecule has 0 saturated carbocycles. The number of aliphatic hydroxyl groups excluding tert-OH is 4.